The molecule has 0 spiro atoms. The first-order chi connectivity index (χ1) is 8.64. The predicted molar refractivity (Wildman–Crippen MR) is 75.4 cm³/mol. The molecule has 1 heterocycles. The third-order valence-corrected chi connectivity index (χ3v) is 3.21. The van der Waals surface area contributed by atoms with Crippen LogP contribution in [-0.4, -0.2) is 32.0 Å². The molecule has 1 aromatic carbocycles. The molecule has 0 amide bonds. The van der Waals surface area contributed by atoms with E-state index in [4.69, 9.17) is 11.5 Å². The molecule has 100 valence electrons. The Morgan fingerprint density at radius 1 is 1.22 bits per heavy atom. The van der Waals surface area contributed by atoms with Crippen molar-refractivity contribution in [1.29, 1.82) is 0 Å². The molecular formula is C13H22N4O. The third-order valence-electron chi connectivity index (χ3n) is 3.21. The summed E-state index contributed by atoms with van der Waals surface area (Å²) in [5.74, 6) is 0. The van der Waals surface area contributed by atoms with E-state index >= 15 is 0 Å². The minimum atomic E-state index is -0.639. The van der Waals surface area contributed by atoms with Gasteiger partial charge in [-0.15, -0.1) is 0 Å². The van der Waals surface area contributed by atoms with Crippen LogP contribution in [0.2, 0.25) is 0 Å². The van der Waals surface area contributed by atoms with Crippen molar-refractivity contribution in [3.63, 3.8) is 0 Å². The molecule has 1 fully saturated rings. The van der Waals surface area contributed by atoms with Gasteiger partial charge in [0.1, 0.15) is 6.29 Å². The maximum atomic E-state index is 10.8. The molecule has 6 N–H and O–H groups in total. The second-order valence-corrected chi connectivity index (χ2v) is 4.40. The number of carbonyl (C=O) groups is 1. The quantitative estimate of drug-likeness (QED) is 0.519. The van der Waals surface area contributed by atoms with E-state index in [2.05, 4.69) is 10.6 Å². The van der Waals surface area contributed by atoms with Crippen molar-refractivity contribution < 1.29 is 4.79 Å². The van der Waals surface area contributed by atoms with Gasteiger partial charge in [-0.3, -0.25) is 0 Å². The molecule has 18 heavy (non-hydrogen) atoms. The normalized spacial score (nSPS) is 17.6. The van der Waals surface area contributed by atoms with Crippen LogP contribution < -0.4 is 22.1 Å². The average Bonchev–Trinajstić information content (AvgIpc) is 2.43. The van der Waals surface area contributed by atoms with Crippen LogP contribution in [0.5, 0.6) is 0 Å². The molecule has 1 aliphatic rings. The minimum Gasteiger partial charge on any atom is -0.397 e. The van der Waals surface area contributed by atoms with E-state index in [1.54, 1.807) is 0 Å². The van der Waals surface area contributed by atoms with Gasteiger partial charge in [-0.1, -0.05) is 12.1 Å². The Balaban J connectivity index is 0.000000771. The van der Waals surface area contributed by atoms with E-state index in [9.17, 15) is 4.79 Å². The first-order valence-corrected chi connectivity index (χ1v) is 6.07. The fourth-order valence-corrected chi connectivity index (χ4v) is 2.06. The van der Waals surface area contributed by atoms with E-state index in [1.807, 2.05) is 24.3 Å². The minimum absolute atomic E-state index is 0.639. The summed E-state index contributed by atoms with van der Waals surface area (Å²) in [5.41, 5.74) is 17.5. The lowest BCUT2D eigenvalue weighted by Gasteiger charge is -2.37. The lowest BCUT2D eigenvalue weighted by molar-refractivity contribution is -0.112. The number of carbonyl (C=O) groups excluding carboxylic acids is 1. The lowest BCUT2D eigenvalue weighted by Crippen LogP contribution is -2.51. The molecule has 0 bridgehead atoms. The van der Waals surface area contributed by atoms with E-state index in [-0.39, 0.29) is 0 Å². The fraction of sp³-hybridized carbons (Fsp3) is 0.462. The van der Waals surface area contributed by atoms with Gasteiger partial charge in [0, 0.05) is 13.1 Å². The Labute approximate surface area is 108 Å². The van der Waals surface area contributed by atoms with Gasteiger partial charge in [-0.25, -0.2) is 0 Å². The first-order valence-electron chi connectivity index (χ1n) is 6.07. The highest BCUT2D eigenvalue weighted by atomic mass is 16.1. The third kappa shape index (κ3) is 3.21. The number of para-hydroxylation sites is 2. The molecule has 0 aromatic heterocycles. The first kappa shape index (κ1) is 14.5. The highest BCUT2D eigenvalue weighted by molar-refractivity contribution is 5.69. The molecule has 0 aliphatic carbocycles. The standard InChI is InChI=1S/C12H17N3O.CH5N/c13-10-3-1-2-4-11(10)15-7-5-12(14,9-16)6-8-15;1-2/h1-4,9H,5-8,13-14H2;2H2,1H3. The number of hydrogen-bond acceptors (Lipinski definition) is 5. The molecule has 2 rings (SSSR count). The predicted octanol–water partition coefficient (Wildman–Crippen LogP) is 0.340. The molecule has 0 radical (unpaired) electrons. The van der Waals surface area contributed by atoms with Crippen molar-refractivity contribution in [3.05, 3.63) is 24.3 Å². The maximum Gasteiger partial charge on any atom is 0.139 e. The summed E-state index contributed by atoms with van der Waals surface area (Å²) < 4.78 is 0. The molecular weight excluding hydrogens is 228 g/mol. The molecule has 1 aliphatic heterocycles. The van der Waals surface area contributed by atoms with Crippen molar-refractivity contribution >= 4 is 17.7 Å². The van der Waals surface area contributed by atoms with Gasteiger partial charge in [0.2, 0.25) is 0 Å². The summed E-state index contributed by atoms with van der Waals surface area (Å²) in [6, 6.07) is 7.77. The topological polar surface area (TPSA) is 98.4 Å². The highest BCUT2D eigenvalue weighted by Gasteiger charge is 2.30. The second kappa shape index (κ2) is 6.37. The Bertz CT molecular complexity index is 386. The van der Waals surface area contributed by atoms with Crippen LogP contribution in [0.25, 0.3) is 0 Å². The number of benzene rings is 1. The molecule has 1 aromatic rings. The van der Waals surface area contributed by atoms with Gasteiger partial charge < -0.3 is 26.9 Å². The number of hydrogen-bond donors (Lipinski definition) is 3. The second-order valence-electron chi connectivity index (χ2n) is 4.40. The van der Waals surface area contributed by atoms with E-state index in [1.165, 1.54) is 7.05 Å². The van der Waals surface area contributed by atoms with Gasteiger partial charge in [0.15, 0.2) is 0 Å². The Kier molecular flexibility index (Phi) is 5.12. The summed E-state index contributed by atoms with van der Waals surface area (Å²) in [5, 5.41) is 0. The number of nitrogen functional groups attached to an aromatic ring is 1. The van der Waals surface area contributed by atoms with Crippen molar-refractivity contribution in [2.45, 2.75) is 18.4 Å². The lowest BCUT2D eigenvalue weighted by atomic mass is 9.90. The van der Waals surface area contributed by atoms with E-state index in [0.717, 1.165) is 30.8 Å². The van der Waals surface area contributed by atoms with Crippen LogP contribution in [0.4, 0.5) is 11.4 Å². The number of rotatable bonds is 2. The van der Waals surface area contributed by atoms with Crippen molar-refractivity contribution in [2.75, 3.05) is 30.8 Å². The zero-order valence-corrected chi connectivity index (χ0v) is 10.8. The van der Waals surface area contributed by atoms with Crippen molar-refractivity contribution in [3.8, 4) is 0 Å². The van der Waals surface area contributed by atoms with Gasteiger partial charge in [-0.2, -0.15) is 0 Å². The van der Waals surface area contributed by atoms with E-state index in [0.29, 0.717) is 12.8 Å². The average molecular weight is 250 g/mol. The number of nitrogens with zero attached hydrogens (tertiary/aromatic N) is 1. The number of piperidine rings is 1. The smallest absolute Gasteiger partial charge is 0.139 e. The van der Waals surface area contributed by atoms with Crippen molar-refractivity contribution in [1.82, 2.24) is 0 Å². The monoisotopic (exact) mass is 250 g/mol. The Hall–Kier alpha value is -1.59. The van der Waals surface area contributed by atoms with Crippen molar-refractivity contribution in [2.24, 2.45) is 11.5 Å². The van der Waals surface area contributed by atoms with Gasteiger partial charge in [-0.05, 0) is 32.0 Å². The van der Waals surface area contributed by atoms with Crippen LogP contribution in [0.1, 0.15) is 12.8 Å². The van der Waals surface area contributed by atoms with E-state index < -0.39 is 5.54 Å². The summed E-state index contributed by atoms with van der Waals surface area (Å²) in [4.78, 5) is 13.0. The summed E-state index contributed by atoms with van der Waals surface area (Å²) >= 11 is 0. The molecule has 5 nitrogen and oxygen atoms in total. The Morgan fingerprint density at radius 3 is 2.28 bits per heavy atom. The number of anilines is 2. The fourth-order valence-electron chi connectivity index (χ4n) is 2.06. The maximum absolute atomic E-state index is 10.8. The summed E-state index contributed by atoms with van der Waals surface area (Å²) in [6.07, 6.45) is 2.24. The highest BCUT2D eigenvalue weighted by Crippen LogP contribution is 2.27. The van der Waals surface area contributed by atoms with Gasteiger partial charge in [0.25, 0.3) is 0 Å². The zero-order chi connectivity index (χ0) is 13.6. The summed E-state index contributed by atoms with van der Waals surface area (Å²) in [7, 11) is 1.50. The number of aldehydes is 1. The largest absolute Gasteiger partial charge is 0.397 e. The van der Waals surface area contributed by atoms with Crippen LogP contribution >= 0.6 is 0 Å². The number of nitrogens with two attached hydrogens (primary N) is 3. The molecule has 5 heteroatoms. The van der Waals surface area contributed by atoms with Crippen LogP contribution in [0.3, 0.4) is 0 Å². The molecule has 1 saturated heterocycles. The Morgan fingerprint density at radius 2 is 1.78 bits per heavy atom. The SMILES string of the molecule is CN.Nc1ccccc1N1CCC(N)(C=O)CC1. The van der Waals surface area contributed by atoms with Gasteiger partial charge >= 0.3 is 0 Å². The summed E-state index contributed by atoms with van der Waals surface area (Å²) in [6.45, 7) is 1.56. The molecule has 0 atom stereocenters. The van der Waals surface area contributed by atoms with Crippen LogP contribution in [0.15, 0.2) is 24.3 Å². The van der Waals surface area contributed by atoms with Gasteiger partial charge in [0.05, 0.1) is 16.9 Å². The molecule has 0 unspecified atom stereocenters. The van der Waals surface area contributed by atoms with Crippen LogP contribution in [0, 0.1) is 0 Å². The van der Waals surface area contributed by atoms with Crippen LogP contribution in [-0.2, 0) is 4.79 Å². The molecule has 0 saturated carbocycles. The zero-order valence-electron chi connectivity index (χ0n) is 10.8.